The molecule has 2 N–H and O–H groups in total. The minimum Gasteiger partial charge on any atom is -0.493 e. The van der Waals surface area contributed by atoms with Gasteiger partial charge in [-0.25, -0.2) is 0 Å². The van der Waals surface area contributed by atoms with E-state index in [1.807, 2.05) is 30.3 Å². The molecule has 0 bridgehead atoms. The Bertz CT molecular complexity index is 823. The van der Waals surface area contributed by atoms with Crippen molar-refractivity contribution in [3.8, 4) is 23.3 Å². The van der Waals surface area contributed by atoms with Gasteiger partial charge in [-0.1, -0.05) is 30.0 Å². The van der Waals surface area contributed by atoms with E-state index in [9.17, 15) is 9.59 Å². The fourth-order valence-electron chi connectivity index (χ4n) is 2.11. The quantitative estimate of drug-likeness (QED) is 0.775. The second-order valence-electron chi connectivity index (χ2n) is 5.20. The maximum atomic E-state index is 12.1. The largest absolute Gasteiger partial charge is 0.493 e. The van der Waals surface area contributed by atoms with Crippen LogP contribution >= 0.6 is 0 Å². The van der Waals surface area contributed by atoms with E-state index >= 15 is 0 Å². The number of carbonyl (C=O) groups is 2. The third-order valence-electron chi connectivity index (χ3n) is 3.44. The van der Waals surface area contributed by atoms with Crippen molar-refractivity contribution in [2.24, 2.45) is 0 Å². The lowest BCUT2D eigenvalue weighted by Gasteiger charge is -2.09. The Morgan fingerprint density at radius 3 is 2.38 bits per heavy atom. The molecule has 26 heavy (non-hydrogen) atoms. The van der Waals surface area contributed by atoms with Crippen molar-refractivity contribution in [1.29, 1.82) is 0 Å². The fraction of sp³-hybridized carbons (Fsp3) is 0.200. The predicted molar refractivity (Wildman–Crippen MR) is 98.2 cm³/mol. The van der Waals surface area contributed by atoms with Crippen molar-refractivity contribution in [2.45, 2.75) is 0 Å². The molecule has 2 aromatic carbocycles. The molecule has 0 atom stereocenters. The SMILES string of the molecule is COc1ccc(C(=O)NCC(=O)NCC#Cc2ccccc2)cc1OC. The zero-order valence-corrected chi connectivity index (χ0v) is 14.7. The first kappa shape index (κ1) is 18.9. The molecule has 6 nitrogen and oxygen atoms in total. The van der Waals surface area contributed by atoms with Crippen molar-refractivity contribution in [1.82, 2.24) is 10.6 Å². The van der Waals surface area contributed by atoms with E-state index < -0.39 is 0 Å². The normalized spacial score (nSPS) is 9.46. The van der Waals surface area contributed by atoms with Crippen LogP contribution in [0.1, 0.15) is 15.9 Å². The number of methoxy groups -OCH3 is 2. The average Bonchev–Trinajstić information content (AvgIpc) is 2.69. The number of hydrogen-bond donors (Lipinski definition) is 2. The minimum atomic E-state index is -0.378. The Kier molecular flexibility index (Phi) is 7.07. The molecular formula is C20H20N2O4. The lowest BCUT2D eigenvalue weighted by atomic mass is 10.2. The molecule has 2 amide bonds. The molecule has 6 heteroatoms. The van der Waals surface area contributed by atoms with Gasteiger partial charge in [0, 0.05) is 11.1 Å². The van der Waals surface area contributed by atoms with Crippen molar-refractivity contribution in [2.75, 3.05) is 27.3 Å². The van der Waals surface area contributed by atoms with Gasteiger partial charge >= 0.3 is 0 Å². The van der Waals surface area contributed by atoms with Crippen molar-refractivity contribution >= 4 is 11.8 Å². The fourth-order valence-corrected chi connectivity index (χ4v) is 2.11. The maximum absolute atomic E-state index is 12.1. The summed E-state index contributed by atoms with van der Waals surface area (Å²) in [5, 5.41) is 5.18. The third-order valence-corrected chi connectivity index (χ3v) is 3.44. The number of amides is 2. The van der Waals surface area contributed by atoms with Gasteiger partial charge in [0.1, 0.15) is 0 Å². The highest BCUT2D eigenvalue weighted by Gasteiger charge is 2.11. The lowest BCUT2D eigenvalue weighted by Crippen LogP contribution is -2.37. The van der Waals surface area contributed by atoms with E-state index in [-0.39, 0.29) is 24.9 Å². The zero-order valence-electron chi connectivity index (χ0n) is 14.7. The van der Waals surface area contributed by atoms with Gasteiger partial charge in [-0.05, 0) is 30.3 Å². The topological polar surface area (TPSA) is 76.7 Å². The van der Waals surface area contributed by atoms with Gasteiger partial charge in [-0.3, -0.25) is 9.59 Å². The monoisotopic (exact) mass is 352 g/mol. The van der Waals surface area contributed by atoms with Gasteiger partial charge < -0.3 is 20.1 Å². The van der Waals surface area contributed by atoms with Crippen molar-refractivity contribution in [3.05, 3.63) is 59.7 Å². The maximum Gasteiger partial charge on any atom is 0.251 e. The van der Waals surface area contributed by atoms with E-state index in [0.717, 1.165) is 5.56 Å². The van der Waals surface area contributed by atoms with Gasteiger partial charge in [0.15, 0.2) is 11.5 Å². The lowest BCUT2D eigenvalue weighted by molar-refractivity contribution is -0.119. The van der Waals surface area contributed by atoms with Gasteiger partial charge in [0.2, 0.25) is 5.91 Å². The Morgan fingerprint density at radius 1 is 0.962 bits per heavy atom. The van der Waals surface area contributed by atoms with Crippen LogP contribution in [0.2, 0.25) is 0 Å². The standard InChI is InChI=1S/C20H20N2O4/c1-25-17-11-10-16(13-18(17)26-2)20(24)22-14-19(23)21-12-6-9-15-7-4-3-5-8-15/h3-5,7-8,10-11,13H,12,14H2,1-2H3,(H,21,23)(H,22,24). The number of carbonyl (C=O) groups excluding carboxylic acids is 2. The molecule has 0 aliphatic rings. The van der Waals surface area contributed by atoms with Crippen LogP contribution in [0.15, 0.2) is 48.5 Å². The Balaban J connectivity index is 1.80. The molecule has 2 rings (SSSR count). The van der Waals surface area contributed by atoms with Gasteiger partial charge in [0.25, 0.3) is 5.91 Å². The molecule has 0 aliphatic heterocycles. The zero-order chi connectivity index (χ0) is 18.8. The van der Waals surface area contributed by atoms with E-state index in [0.29, 0.717) is 17.1 Å². The van der Waals surface area contributed by atoms with E-state index in [1.165, 1.54) is 14.2 Å². The molecule has 134 valence electrons. The van der Waals surface area contributed by atoms with Crippen LogP contribution in [0.5, 0.6) is 11.5 Å². The first-order chi connectivity index (χ1) is 12.6. The second-order valence-corrected chi connectivity index (χ2v) is 5.20. The molecule has 0 spiro atoms. The Morgan fingerprint density at radius 2 is 1.69 bits per heavy atom. The highest BCUT2D eigenvalue weighted by atomic mass is 16.5. The average molecular weight is 352 g/mol. The summed E-state index contributed by atoms with van der Waals surface area (Å²) in [5.41, 5.74) is 1.25. The summed E-state index contributed by atoms with van der Waals surface area (Å²) >= 11 is 0. The summed E-state index contributed by atoms with van der Waals surface area (Å²) < 4.78 is 10.3. The smallest absolute Gasteiger partial charge is 0.251 e. The number of nitrogens with one attached hydrogen (secondary N) is 2. The van der Waals surface area contributed by atoms with E-state index in [4.69, 9.17) is 9.47 Å². The van der Waals surface area contributed by atoms with Crippen LogP contribution in [0.25, 0.3) is 0 Å². The summed E-state index contributed by atoms with van der Waals surface area (Å²) in [6, 6.07) is 14.3. The molecule has 0 aromatic heterocycles. The molecule has 0 radical (unpaired) electrons. The van der Waals surface area contributed by atoms with Crippen LogP contribution in [0.4, 0.5) is 0 Å². The number of hydrogen-bond acceptors (Lipinski definition) is 4. The number of rotatable bonds is 6. The van der Waals surface area contributed by atoms with E-state index in [2.05, 4.69) is 22.5 Å². The molecule has 0 heterocycles. The van der Waals surface area contributed by atoms with Crippen LogP contribution in [-0.2, 0) is 4.79 Å². The number of benzene rings is 2. The van der Waals surface area contributed by atoms with E-state index in [1.54, 1.807) is 18.2 Å². The van der Waals surface area contributed by atoms with Gasteiger partial charge in [-0.2, -0.15) is 0 Å². The summed E-state index contributed by atoms with van der Waals surface area (Å²) in [6.45, 7) is 0.0696. The molecule has 0 fully saturated rings. The molecule has 2 aromatic rings. The molecular weight excluding hydrogens is 332 g/mol. The van der Waals surface area contributed by atoms with Gasteiger partial charge in [-0.15, -0.1) is 0 Å². The summed E-state index contributed by atoms with van der Waals surface area (Å²) in [6.07, 6.45) is 0. The molecule has 0 saturated heterocycles. The first-order valence-corrected chi connectivity index (χ1v) is 7.95. The highest BCUT2D eigenvalue weighted by molar-refractivity contribution is 5.97. The van der Waals surface area contributed by atoms with Crippen molar-refractivity contribution in [3.63, 3.8) is 0 Å². The first-order valence-electron chi connectivity index (χ1n) is 7.95. The molecule has 0 unspecified atom stereocenters. The highest BCUT2D eigenvalue weighted by Crippen LogP contribution is 2.27. The van der Waals surface area contributed by atoms with Crippen LogP contribution in [-0.4, -0.2) is 39.1 Å². The van der Waals surface area contributed by atoms with Crippen molar-refractivity contribution < 1.29 is 19.1 Å². The van der Waals surface area contributed by atoms with Crippen LogP contribution in [0.3, 0.4) is 0 Å². The Labute approximate surface area is 152 Å². The number of ether oxygens (including phenoxy) is 2. The summed E-state index contributed by atoms with van der Waals surface area (Å²) in [4.78, 5) is 23.9. The molecule has 0 aliphatic carbocycles. The summed E-state index contributed by atoms with van der Waals surface area (Å²) in [7, 11) is 3.01. The predicted octanol–water partition coefficient (Wildman–Crippen LogP) is 1.60. The second kappa shape index (κ2) is 9.74. The van der Waals surface area contributed by atoms with Crippen LogP contribution < -0.4 is 20.1 Å². The minimum absolute atomic E-state index is 0.139. The summed E-state index contributed by atoms with van der Waals surface area (Å²) in [5.74, 6) is 6.07. The Hall–Kier alpha value is -3.46. The third kappa shape index (κ3) is 5.56. The van der Waals surface area contributed by atoms with Gasteiger partial charge in [0.05, 0.1) is 27.3 Å². The molecule has 0 saturated carbocycles. The van der Waals surface area contributed by atoms with Crippen LogP contribution in [0, 0.1) is 11.8 Å².